The normalized spacial score (nSPS) is 12.6. The van der Waals surface area contributed by atoms with Gasteiger partial charge >= 0.3 is 17.9 Å². The molecule has 0 saturated carbocycles. The van der Waals surface area contributed by atoms with Gasteiger partial charge < -0.3 is 14.2 Å². The van der Waals surface area contributed by atoms with E-state index in [9.17, 15) is 14.4 Å². The largest absolute Gasteiger partial charge is 0.462 e. The zero-order valence-electron chi connectivity index (χ0n) is 54.5. The summed E-state index contributed by atoms with van der Waals surface area (Å²) in [6.07, 6.45) is 93.3. The quantitative estimate of drug-likeness (QED) is 0.0261. The fraction of sp³-hybridized carbons (Fsp3) is 0.776. The van der Waals surface area contributed by atoms with Crippen LogP contribution in [-0.4, -0.2) is 37.2 Å². The molecule has 0 aliphatic rings. The summed E-state index contributed by atoms with van der Waals surface area (Å²) in [4.78, 5) is 38.4. The third kappa shape index (κ3) is 67.4. The maximum atomic E-state index is 12.9. The number of ether oxygens (including phenoxy) is 3. The van der Waals surface area contributed by atoms with Crippen molar-refractivity contribution in [3.63, 3.8) is 0 Å². The second kappa shape index (κ2) is 70.1. The van der Waals surface area contributed by atoms with Gasteiger partial charge in [0.25, 0.3) is 0 Å². The molecule has 1 unspecified atom stereocenters. The van der Waals surface area contributed by atoms with Gasteiger partial charge in [0.2, 0.25) is 0 Å². The van der Waals surface area contributed by atoms with Gasteiger partial charge in [0.15, 0.2) is 6.10 Å². The van der Waals surface area contributed by atoms with Crippen molar-refractivity contribution in [3.05, 3.63) is 85.1 Å². The fourth-order valence-corrected chi connectivity index (χ4v) is 10.4. The van der Waals surface area contributed by atoms with Crippen molar-refractivity contribution < 1.29 is 28.6 Å². The average molecular weight is 1140 g/mol. The summed E-state index contributed by atoms with van der Waals surface area (Å²) in [6.45, 7) is 6.57. The molecule has 0 bridgehead atoms. The number of rotatable bonds is 65. The van der Waals surface area contributed by atoms with Crippen LogP contribution in [0.15, 0.2) is 85.1 Å². The van der Waals surface area contributed by atoms with Gasteiger partial charge in [0.1, 0.15) is 13.2 Å². The van der Waals surface area contributed by atoms with Crippen LogP contribution in [0, 0.1) is 0 Å². The van der Waals surface area contributed by atoms with E-state index in [4.69, 9.17) is 14.2 Å². The molecule has 0 rings (SSSR count). The van der Waals surface area contributed by atoms with Crippen molar-refractivity contribution in [2.45, 2.75) is 367 Å². The van der Waals surface area contributed by atoms with Gasteiger partial charge in [-0.2, -0.15) is 0 Å². The number of hydrogen-bond donors (Lipinski definition) is 0. The maximum Gasteiger partial charge on any atom is 0.306 e. The Hall–Kier alpha value is -3.41. The second-order valence-corrected chi connectivity index (χ2v) is 23.8. The summed E-state index contributed by atoms with van der Waals surface area (Å²) in [7, 11) is 0. The molecule has 0 fully saturated rings. The van der Waals surface area contributed by atoms with E-state index in [1.807, 2.05) is 0 Å². The number of esters is 3. The average Bonchev–Trinajstić information content (AvgIpc) is 3.47. The highest BCUT2D eigenvalue weighted by Gasteiger charge is 2.19. The lowest BCUT2D eigenvalue weighted by Crippen LogP contribution is -2.30. The van der Waals surface area contributed by atoms with Crippen molar-refractivity contribution in [2.75, 3.05) is 13.2 Å². The predicted molar refractivity (Wildman–Crippen MR) is 358 cm³/mol. The molecule has 0 heterocycles. The van der Waals surface area contributed by atoms with Crippen molar-refractivity contribution >= 4 is 17.9 Å². The first-order chi connectivity index (χ1) is 40.5. The predicted octanol–water partition coefficient (Wildman–Crippen LogP) is 24.6. The van der Waals surface area contributed by atoms with E-state index in [0.29, 0.717) is 19.3 Å². The van der Waals surface area contributed by atoms with Crippen LogP contribution in [0.25, 0.3) is 0 Å². The van der Waals surface area contributed by atoms with Crippen molar-refractivity contribution in [3.8, 4) is 0 Å². The molecule has 1 atom stereocenters. The van der Waals surface area contributed by atoms with E-state index >= 15 is 0 Å². The number of carbonyl (C=O) groups is 3. The lowest BCUT2D eigenvalue weighted by atomic mass is 10.0. The van der Waals surface area contributed by atoms with Gasteiger partial charge in [-0.25, -0.2) is 0 Å². The number of carbonyl (C=O) groups excluding carboxylic acids is 3. The van der Waals surface area contributed by atoms with Crippen molar-refractivity contribution in [1.29, 1.82) is 0 Å². The Bertz CT molecular complexity index is 1550. The van der Waals surface area contributed by atoms with E-state index in [1.54, 1.807) is 0 Å². The summed E-state index contributed by atoms with van der Waals surface area (Å²) in [5.41, 5.74) is 0. The van der Waals surface area contributed by atoms with Crippen molar-refractivity contribution in [1.82, 2.24) is 0 Å². The number of allylic oxidation sites excluding steroid dienone is 14. The standard InChI is InChI=1S/C76H134O6/c1-4-7-10-13-16-19-22-25-27-29-30-31-32-33-34-35-36-37-38-39-40-41-42-43-44-45-46-48-49-51-54-57-60-63-66-69-75(78)81-72-73(71-80-74(77)68-65-62-59-56-53-24-21-18-15-12-9-6-3)82-76(79)70-67-64-61-58-55-52-50-47-28-26-23-20-17-14-11-8-5-2/h7,10,16,19,25,27,30-31,33-34,36-37,39-40,73H,4-6,8-9,11-15,17-18,20-24,26,28-29,32,35,38,41-72H2,1-3H3/b10-7-,19-16-,27-25-,31-30-,34-33-,37-36-,40-39-. The van der Waals surface area contributed by atoms with Crippen LogP contribution in [0.1, 0.15) is 361 Å². The molecule has 0 N–H and O–H groups in total. The van der Waals surface area contributed by atoms with Crippen LogP contribution in [-0.2, 0) is 28.6 Å². The summed E-state index contributed by atoms with van der Waals surface area (Å²) < 4.78 is 17.0. The SMILES string of the molecule is CC/C=C\C/C=C\C/C=C\C/C=C\C/C=C\C/C=C\C/C=C\CCCCCCCCCCCCCCCC(=O)OCC(COC(=O)CCCCCCCCCCCCCC)OC(=O)CCCCCCCCCCCCCCCCCCC. The molecule has 0 amide bonds. The van der Waals surface area contributed by atoms with Gasteiger partial charge in [-0.05, 0) is 77.0 Å². The molecule has 6 heteroatoms. The maximum absolute atomic E-state index is 12.9. The molecule has 0 aliphatic heterocycles. The van der Waals surface area contributed by atoms with Gasteiger partial charge in [0, 0.05) is 19.3 Å². The van der Waals surface area contributed by atoms with Crippen LogP contribution < -0.4 is 0 Å². The van der Waals surface area contributed by atoms with E-state index in [0.717, 1.165) is 103 Å². The molecule has 0 spiro atoms. The highest BCUT2D eigenvalue weighted by Crippen LogP contribution is 2.18. The van der Waals surface area contributed by atoms with Crippen molar-refractivity contribution in [2.24, 2.45) is 0 Å². The molecular formula is C76H134O6. The summed E-state index contributed by atoms with van der Waals surface area (Å²) in [5, 5.41) is 0. The lowest BCUT2D eigenvalue weighted by Gasteiger charge is -2.18. The Balaban J connectivity index is 4.15. The highest BCUT2D eigenvalue weighted by atomic mass is 16.6. The molecule has 0 aromatic carbocycles. The van der Waals surface area contributed by atoms with E-state index in [2.05, 4.69) is 106 Å². The minimum absolute atomic E-state index is 0.0692. The Morgan fingerprint density at radius 1 is 0.256 bits per heavy atom. The zero-order valence-corrected chi connectivity index (χ0v) is 54.5. The minimum atomic E-state index is -0.772. The molecule has 474 valence electrons. The first-order valence-corrected chi connectivity index (χ1v) is 35.6. The molecule has 0 radical (unpaired) electrons. The smallest absolute Gasteiger partial charge is 0.306 e. The number of unbranched alkanes of at least 4 members (excludes halogenated alkanes) is 40. The second-order valence-electron chi connectivity index (χ2n) is 23.8. The molecule has 0 saturated heterocycles. The highest BCUT2D eigenvalue weighted by molar-refractivity contribution is 5.71. The van der Waals surface area contributed by atoms with Crippen LogP contribution in [0.3, 0.4) is 0 Å². The van der Waals surface area contributed by atoms with Crippen LogP contribution in [0.4, 0.5) is 0 Å². The molecule has 82 heavy (non-hydrogen) atoms. The van der Waals surface area contributed by atoms with Crippen LogP contribution >= 0.6 is 0 Å². The zero-order chi connectivity index (χ0) is 59.2. The molecule has 6 nitrogen and oxygen atoms in total. The van der Waals surface area contributed by atoms with Gasteiger partial charge in [-0.1, -0.05) is 350 Å². The molecule has 0 aliphatic carbocycles. The molecular weight excluding hydrogens is 1010 g/mol. The monoisotopic (exact) mass is 1140 g/mol. The summed E-state index contributed by atoms with van der Waals surface area (Å²) >= 11 is 0. The summed E-state index contributed by atoms with van der Waals surface area (Å²) in [5.74, 6) is -0.848. The Morgan fingerprint density at radius 3 is 0.744 bits per heavy atom. The van der Waals surface area contributed by atoms with E-state index in [1.165, 1.54) is 218 Å². The fourth-order valence-electron chi connectivity index (χ4n) is 10.4. The third-order valence-corrected chi connectivity index (χ3v) is 15.7. The Kier molecular flexibility index (Phi) is 67.2. The van der Waals surface area contributed by atoms with Crippen LogP contribution in [0.2, 0.25) is 0 Å². The van der Waals surface area contributed by atoms with Gasteiger partial charge in [-0.3, -0.25) is 14.4 Å². The minimum Gasteiger partial charge on any atom is -0.462 e. The Labute approximate surface area is 509 Å². The summed E-state index contributed by atoms with van der Waals surface area (Å²) in [6, 6.07) is 0. The first kappa shape index (κ1) is 78.6. The lowest BCUT2D eigenvalue weighted by molar-refractivity contribution is -0.167. The van der Waals surface area contributed by atoms with Gasteiger partial charge in [0.05, 0.1) is 0 Å². The van der Waals surface area contributed by atoms with Gasteiger partial charge in [-0.15, -0.1) is 0 Å². The molecule has 0 aromatic rings. The van der Waals surface area contributed by atoms with Crippen LogP contribution in [0.5, 0.6) is 0 Å². The topological polar surface area (TPSA) is 78.9 Å². The molecule has 0 aromatic heterocycles. The van der Waals surface area contributed by atoms with E-state index < -0.39 is 6.10 Å². The third-order valence-electron chi connectivity index (χ3n) is 15.7. The first-order valence-electron chi connectivity index (χ1n) is 35.6. The number of hydrogen-bond acceptors (Lipinski definition) is 6. The Morgan fingerprint density at radius 2 is 0.476 bits per heavy atom. The van der Waals surface area contributed by atoms with E-state index in [-0.39, 0.29) is 31.1 Å².